The zero-order valence-electron chi connectivity index (χ0n) is 21.4. The minimum absolute atomic E-state index is 0.0682. The van der Waals surface area contributed by atoms with Gasteiger partial charge in [-0.2, -0.15) is 5.10 Å². The van der Waals surface area contributed by atoms with E-state index < -0.39 is 5.60 Å². The molecule has 0 aliphatic heterocycles. The Balaban J connectivity index is 1.29. The average Bonchev–Trinajstić information content (AvgIpc) is 3.38. The summed E-state index contributed by atoms with van der Waals surface area (Å²) in [7, 11) is 0. The second kappa shape index (κ2) is 8.46. The summed E-state index contributed by atoms with van der Waals surface area (Å²) in [4.78, 5) is 25.5. The van der Waals surface area contributed by atoms with Crippen LogP contribution in [0.5, 0.6) is 0 Å². The topological polar surface area (TPSA) is 81.4 Å². The van der Waals surface area contributed by atoms with E-state index in [0.717, 1.165) is 44.4 Å². The summed E-state index contributed by atoms with van der Waals surface area (Å²) in [6, 6.07) is 0. The van der Waals surface area contributed by atoms with Gasteiger partial charge < -0.3 is 9.84 Å². The van der Waals surface area contributed by atoms with Gasteiger partial charge in [-0.25, -0.2) is 4.79 Å². The SMILES string of the molecule is CCOC(=O)c1cnn(CC(=O)[C@H]2CC[C@H]3[C@@H]4CC[C@H]5C[C@](C)(O)CC[C@]5(C)[C@H]4CC[C@]23C)c1. The number of ketones is 1. The maximum absolute atomic E-state index is 13.5. The molecule has 188 valence electrons. The monoisotopic (exact) mass is 470 g/mol. The number of aromatic nitrogens is 2. The third-order valence-electron chi connectivity index (χ3n) is 10.8. The summed E-state index contributed by atoms with van der Waals surface area (Å²) in [5, 5.41) is 15.0. The number of hydrogen-bond donors (Lipinski definition) is 1. The van der Waals surface area contributed by atoms with Gasteiger partial charge in [-0.15, -0.1) is 0 Å². The van der Waals surface area contributed by atoms with Crippen molar-refractivity contribution in [3.05, 3.63) is 18.0 Å². The van der Waals surface area contributed by atoms with Gasteiger partial charge in [-0.3, -0.25) is 9.48 Å². The molecule has 4 saturated carbocycles. The van der Waals surface area contributed by atoms with Crippen LogP contribution < -0.4 is 0 Å². The molecule has 1 heterocycles. The van der Waals surface area contributed by atoms with E-state index in [1.807, 2.05) is 6.92 Å². The Morgan fingerprint density at radius 3 is 2.59 bits per heavy atom. The molecule has 8 atom stereocenters. The summed E-state index contributed by atoms with van der Waals surface area (Å²) in [6.45, 7) is 9.27. The van der Waals surface area contributed by atoms with Crippen LogP contribution in [-0.2, 0) is 16.1 Å². The van der Waals surface area contributed by atoms with Gasteiger partial charge in [0.25, 0.3) is 0 Å². The summed E-state index contributed by atoms with van der Waals surface area (Å²) in [5.41, 5.74) is 0.318. The van der Waals surface area contributed by atoms with Crippen LogP contribution in [0.3, 0.4) is 0 Å². The van der Waals surface area contributed by atoms with Gasteiger partial charge in [0.2, 0.25) is 0 Å². The normalized spacial score (nSPS) is 43.5. The molecule has 5 rings (SSSR count). The highest BCUT2D eigenvalue weighted by Crippen LogP contribution is 2.68. The van der Waals surface area contributed by atoms with Crippen LogP contribution in [0.2, 0.25) is 0 Å². The first-order chi connectivity index (χ1) is 16.1. The molecule has 0 radical (unpaired) electrons. The molecule has 4 aliphatic carbocycles. The predicted octanol–water partition coefficient (Wildman–Crippen LogP) is 5.04. The lowest BCUT2D eigenvalue weighted by Crippen LogP contribution is -2.55. The molecule has 1 aromatic heterocycles. The Morgan fingerprint density at radius 2 is 1.82 bits per heavy atom. The lowest BCUT2D eigenvalue weighted by molar-refractivity contribution is -0.151. The van der Waals surface area contributed by atoms with E-state index in [2.05, 4.69) is 18.9 Å². The van der Waals surface area contributed by atoms with Crippen molar-refractivity contribution < 1.29 is 19.4 Å². The number of hydrogen-bond acceptors (Lipinski definition) is 5. The fourth-order valence-corrected chi connectivity index (χ4v) is 9.00. The summed E-state index contributed by atoms with van der Waals surface area (Å²) < 4.78 is 6.66. The Labute approximate surface area is 203 Å². The summed E-state index contributed by atoms with van der Waals surface area (Å²) in [5.74, 6) is 2.64. The number of rotatable bonds is 5. The lowest BCUT2D eigenvalue weighted by atomic mass is 9.44. The van der Waals surface area contributed by atoms with Gasteiger partial charge in [0.05, 0.1) is 30.5 Å². The van der Waals surface area contributed by atoms with Crippen LogP contribution in [-0.4, -0.2) is 38.8 Å². The van der Waals surface area contributed by atoms with E-state index in [1.165, 1.54) is 25.5 Å². The van der Waals surface area contributed by atoms with Gasteiger partial charge in [0.1, 0.15) is 0 Å². The zero-order chi connectivity index (χ0) is 24.3. The van der Waals surface area contributed by atoms with Gasteiger partial charge >= 0.3 is 5.97 Å². The second-order valence-corrected chi connectivity index (χ2v) is 12.6. The Kier molecular flexibility index (Phi) is 5.98. The van der Waals surface area contributed by atoms with Crippen LogP contribution in [0.1, 0.15) is 95.8 Å². The van der Waals surface area contributed by atoms with Gasteiger partial charge in [0, 0.05) is 12.1 Å². The van der Waals surface area contributed by atoms with Crippen LogP contribution in [0, 0.1) is 40.4 Å². The van der Waals surface area contributed by atoms with E-state index in [4.69, 9.17) is 4.74 Å². The standard InChI is InChI=1S/C28H42N2O4/c1-5-34-25(32)18-15-29-30(16-18)17-24(31)23-9-8-21-20-7-6-19-14-26(2,33)12-13-27(19,3)22(20)10-11-28(21,23)4/h15-16,19-23,33H,5-14,17H2,1-4H3/t19-,20-,21-,22-,23+,26+,27-,28-/m0/s1. The Bertz CT molecular complexity index is 954. The van der Waals surface area contributed by atoms with E-state index in [1.54, 1.807) is 17.8 Å². The van der Waals surface area contributed by atoms with Crippen molar-refractivity contribution in [1.82, 2.24) is 9.78 Å². The van der Waals surface area contributed by atoms with Crippen molar-refractivity contribution in [1.29, 1.82) is 0 Å². The second-order valence-electron chi connectivity index (χ2n) is 12.6. The van der Waals surface area contributed by atoms with Crippen molar-refractivity contribution in [2.24, 2.45) is 40.4 Å². The number of ether oxygens (including phenoxy) is 1. The quantitative estimate of drug-likeness (QED) is 0.610. The maximum Gasteiger partial charge on any atom is 0.341 e. The predicted molar refractivity (Wildman–Crippen MR) is 129 cm³/mol. The van der Waals surface area contributed by atoms with E-state index in [-0.39, 0.29) is 29.6 Å². The molecular formula is C28H42N2O4. The number of aliphatic hydroxyl groups is 1. The van der Waals surface area contributed by atoms with E-state index in [9.17, 15) is 14.7 Å². The molecule has 0 bridgehead atoms. The first-order valence-electron chi connectivity index (χ1n) is 13.5. The molecule has 1 N–H and O–H groups in total. The molecule has 34 heavy (non-hydrogen) atoms. The molecule has 4 aliphatic rings. The molecule has 0 spiro atoms. The molecule has 0 saturated heterocycles. The van der Waals surface area contributed by atoms with E-state index in [0.29, 0.717) is 35.3 Å². The van der Waals surface area contributed by atoms with Gasteiger partial charge in [-0.05, 0) is 106 Å². The highest BCUT2D eigenvalue weighted by atomic mass is 16.5. The molecule has 6 heteroatoms. The van der Waals surface area contributed by atoms with Crippen LogP contribution in [0.15, 0.2) is 12.4 Å². The fourth-order valence-electron chi connectivity index (χ4n) is 9.00. The largest absolute Gasteiger partial charge is 0.462 e. The number of Topliss-reactive ketones (excluding diaryl/α,β-unsaturated/α-hetero) is 1. The first kappa shape index (κ1) is 24.0. The minimum Gasteiger partial charge on any atom is -0.462 e. The highest BCUT2D eigenvalue weighted by molar-refractivity contribution is 5.89. The molecule has 0 unspecified atom stereocenters. The number of nitrogens with zero attached hydrogens (tertiary/aromatic N) is 2. The van der Waals surface area contributed by atoms with E-state index >= 15 is 0 Å². The van der Waals surface area contributed by atoms with Gasteiger partial charge in [0.15, 0.2) is 5.78 Å². The third kappa shape index (κ3) is 3.84. The van der Waals surface area contributed by atoms with Crippen molar-refractivity contribution >= 4 is 11.8 Å². The molecule has 0 aromatic carbocycles. The van der Waals surface area contributed by atoms with Gasteiger partial charge in [-0.1, -0.05) is 13.8 Å². The minimum atomic E-state index is -0.495. The molecule has 0 amide bonds. The van der Waals surface area contributed by atoms with Crippen LogP contribution >= 0.6 is 0 Å². The fraction of sp³-hybridized carbons (Fsp3) is 0.821. The number of carbonyl (C=O) groups excluding carboxylic acids is 2. The smallest absolute Gasteiger partial charge is 0.341 e. The third-order valence-corrected chi connectivity index (χ3v) is 10.8. The van der Waals surface area contributed by atoms with Crippen molar-refractivity contribution in [2.75, 3.05) is 6.61 Å². The molecule has 4 fully saturated rings. The lowest BCUT2D eigenvalue weighted by Gasteiger charge is -2.61. The molecule has 6 nitrogen and oxygen atoms in total. The summed E-state index contributed by atoms with van der Waals surface area (Å²) in [6.07, 6.45) is 13.1. The number of fused-ring (bicyclic) bond motifs is 5. The highest BCUT2D eigenvalue weighted by Gasteiger charge is 2.61. The number of esters is 1. The Hall–Kier alpha value is -1.69. The Morgan fingerprint density at radius 1 is 1.06 bits per heavy atom. The molecule has 1 aromatic rings. The number of carbonyl (C=O) groups is 2. The molecular weight excluding hydrogens is 428 g/mol. The first-order valence-corrected chi connectivity index (χ1v) is 13.5. The van der Waals surface area contributed by atoms with Crippen LogP contribution in [0.25, 0.3) is 0 Å². The van der Waals surface area contributed by atoms with Crippen LogP contribution in [0.4, 0.5) is 0 Å². The maximum atomic E-state index is 13.5. The zero-order valence-corrected chi connectivity index (χ0v) is 21.4. The van der Waals surface area contributed by atoms with Crippen molar-refractivity contribution in [3.8, 4) is 0 Å². The summed E-state index contributed by atoms with van der Waals surface area (Å²) >= 11 is 0. The van der Waals surface area contributed by atoms with Crippen molar-refractivity contribution in [2.45, 2.75) is 97.6 Å². The van der Waals surface area contributed by atoms with Crippen molar-refractivity contribution in [3.63, 3.8) is 0 Å². The average molecular weight is 471 g/mol.